The van der Waals surface area contributed by atoms with Gasteiger partial charge >= 0.3 is 5.97 Å². The molecule has 1 aliphatic heterocycles. The van der Waals surface area contributed by atoms with Gasteiger partial charge in [0.25, 0.3) is 15.9 Å². The van der Waals surface area contributed by atoms with Crippen molar-refractivity contribution in [1.82, 2.24) is 4.98 Å². The number of hydrogen-bond donors (Lipinski definition) is 1. The van der Waals surface area contributed by atoms with E-state index >= 15 is 0 Å². The van der Waals surface area contributed by atoms with Crippen LogP contribution < -0.4 is 9.62 Å². The van der Waals surface area contributed by atoms with Crippen LogP contribution in [0.2, 0.25) is 5.15 Å². The molecule has 0 radical (unpaired) electrons. The first-order chi connectivity index (χ1) is 16.3. The standard InChI is InChI=1S/C24H20ClN3O5S/c25-24-20(5-3-14-26-24)27-22(29)16-33-23(30)12-9-17-7-10-19(11-8-17)34(31,32)28-15-13-18-4-1-2-6-21(18)28/h1-12,14H,13,15-16H2,(H,27,29)/b12-9+. The zero-order valence-electron chi connectivity index (χ0n) is 17.8. The van der Waals surface area contributed by atoms with Gasteiger partial charge in [0.05, 0.1) is 16.3 Å². The van der Waals surface area contributed by atoms with Crippen molar-refractivity contribution < 1.29 is 22.7 Å². The van der Waals surface area contributed by atoms with Crippen LogP contribution in [0, 0.1) is 0 Å². The summed E-state index contributed by atoms with van der Waals surface area (Å²) in [5, 5.41) is 2.62. The summed E-state index contributed by atoms with van der Waals surface area (Å²) in [6, 6.07) is 16.8. The van der Waals surface area contributed by atoms with Crippen LogP contribution in [0.1, 0.15) is 11.1 Å². The molecule has 174 valence electrons. The Labute approximate surface area is 201 Å². The van der Waals surface area contributed by atoms with Gasteiger partial charge in [0.15, 0.2) is 11.8 Å². The van der Waals surface area contributed by atoms with Crippen molar-refractivity contribution in [3.63, 3.8) is 0 Å². The second kappa shape index (κ2) is 10.1. The molecule has 10 heteroatoms. The molecule has 1 amide bonds. The highest BCUT2D eigenvalue weighted by molar-refractivity contribution is 7.92. The number of nitrogens with one attached hydrogen (secondary N) is 1. The number of pyridine rings is 1. The quantitative estimate of drug-likeness (QED) is 0.303. The van der Waals surface area contributed by atoms with Crippen molar-refractivity contribution in [3.8, 4) is 0 Å². The van der Waals surface area contributed by atoms with Crippen LogP contribution in [0.4, 0.5) is 11.4 Å². The van der Waals surface area contributed by atoms with Crippen molar-refractivity contribution in [3.05, 3.63) is 89.2 Å². The first kappa shape index (κ1) is 23.5. The predicted molar refractivity (Wildman–Crippen MR) is 129 cm³/mol. The van der Waals surface area contributed by atoms with Gasteiger partial charge in [-0.2, -0.15) is 0 Å². The molecule has 0 unspecified atom stereocenters. The van der Waals surface area contributed by atoms with E-state index in [4.69, 9.17) is 16.3 Å². The fraction of sp³-hybridized carbons (Fsp3) is 0.125. The number of anilines is 2. The van der Waals surface area contributed by atoms with Crippen LogP contribution in [-0.4, -0.2) is 38.4 Å². The second-order valence-corrected chi connectivity index (χ2v) is 9.58. The summed E-state index contributed by atoms with van der Waals surface area (Å²) < 4.78 is 32.4. The second-order valence-electron chi connectivity index (χ2n) is 7.36. The summed E-state index contributed by atoms with van der Waals surface area (Å²) >= 11 is 5.86. The molecule has 1 aliphatic rings. The molecular weight excluding hydrogens is 478 g/mol. The predicted octanol–water partition coefficient (Wildman–Crippen LogP) is 3.68. The van der Waals surface area contributed by atoms with Gasteiger partial charge in [-0.25, -0.2) is 18.2 Å². The molecule has 8 nitrogen and oxygen atoms in total. The number of rotatable bonds is 7. The Balaban J connectivity index is 1.33. The van der Waals surface area contributed by atoms with Crippen molar-refractivity contribution in [2.24, 2.45) is 0 Å². The fourth-order valence-corrected chi connectivity index (χ4v) is 5.12. The molecule has 0 fully saturated rings. The normalized spacial score (nSPS) is 13.0. The van der Waals surface area contributed by atoms with E-state index < -0.39 is 28.5 Å². The summed E-state index contributed by atoms with van der Waals surface area (Å²) in [6.45, 7) is -0.0986. The molecule has 0 aliphatic carbocycles. The van der Waals surface area contributed by atoms with E-state index in [0.717, 1.165) is 11.6 Å². The fourth-order valence-electron chi connectivity index (χ4n) is 3.45. The number of sulfonamides is 1. The molecular formula is C24H20ClN3O5S. The number of benzene rings is 2. The van der Waals surface area contributed by atoms with E-state index in [-0.39, 0.29) is 10.0 Å². The maximum atomic E-state index is 13.1. The van der Waals surface area contributed by atoms with Gasteiger partial charge in [0.2, 0.25) is 0 Å². The molecule has 4 rings (SSSR count). The summed E-state index contributed by atoms with van der Waals surface area (Å²) in [7, 11) is -3.69. The number of ether oxygens (including phenoxy) is 1. The number of carbonyl (C=O) groups is 2. The molecule has 2 aromatic carbocycles. The van der Waals surface area contributed by atoms with E-state index in [2.05, 4.69) is 10.3 Å². The highest BCUT2D eigenvalue weighted by Crippen LogP contribution is 2.32. The van der Waals surface area contributed by atoms with E-state index in [1.54, 1.807) is 30.3 Å². The summed E-state index contributed by atoms with van der Waals surface area (Å²) in [5.74, 6) is -1.28. The molecule has 0 atom stereocenters. The SMILES string of the molecule is O=C(COC(=O)/C=C/c1ccc(S(=O)(=O)N2CCc3ccccc32)cc1)Nc1cccnc1Cl. The Kier molecular flexibility index (Phi) is 6.95. The lowest BCUT2D eigenvalue weighted by atomic mass is 10.2. The molecule has 2 heterocycles. The summed E-state index contributed by atoms with van der Waals surface area (Å²) in [4.78, 5) is 27.8. The van der Waals surface area contributed by atoms with Crippen molar-refractivity contribution in [2.75, 3.05) is 22.8 Å². The first-order valence-electron chi connectivity index (χ1n) is 10.3. The summed E-state index contributed by atoms with van der Waals surface area (Å²) in [5.41, 5.74) is 2.61. The third-order valence-electron chi connectivity index (χ3n) is 5.10. The Morgan fingerprint density at radius 2 is 1.85 bits per heavy atom. The van der Waals surface area contributed by atoms with E-state index in [0.29, 0.717) is 29.9 Å². The maximum Gasteiger partial charge on any atom is 0.331 e. The molecule has 0 saturated heterocycles. The van der Waals surface area contributed by atoms with Crippen molar-refractivity contribution in [1.29, 1.82) is 0 Å². The number of para-hydroxylation sites is 1. The van der Waals surface area contributed by atoms with Crippen LogP contribution >= 0.6 is 11.6 Å². The molecule has 34 heavy (non-hydrogen) atoms. The van der Waals surface area contributed by atoms with E-state index in [1.807, 2.05) is 18.2 Å². The minimum absolute atomic E-state index is 0.126. The van der Waals surface area contributed by atoms with Gasteiger partial charge < -0.3 is 10.1 Å². The smallest absolute Gasteiger partial charge is 0.331 e. The zero-order valence-corrected chi connectivity index (χ0v) is 19.4. The van der Waals surface area contributed by atoms with Gasteiger partial charge in [-0.05, 0) is 54.0 Å². The van der Waals surface area contributed by atoms with Crippen LogP contribution in [0.3, 0.4) is 0 Å². The highest BCUT2D eigenvalue weighted by Gasteiger charge is 2.30. The number of fused-ring (bicyclic) bond motifs is 1. The maximum absolute atomic E-state index is 13.1. The number of amides is 1. The number of esters is 1. The molecule has 0 spiro atoms. The van der Waals surface area contributed by atoms with Crippen molar-refractivity contribution >= 4 is 51.0 Å². The van der Waals surface area contributed by atoms with Crippen LogP contribution in [-0.2, 0) is 30.8 Å². The van der Waals surface area contributed by atoms with Crippen LogP contribution in [0.15, 0.2) is 77.8 Å². The highest BCUT2D eigenvalue weighted by atomic mass is 35.5. The number of aromatic nitrogens is 1. The van der Waals surface area contributed by atoms with E-state index in [1.165, 1.54) is 28.7 Å². The molecule has 0 bridgehead atoms. The van der Waals surface area contributed by atoms with Gasteiger partial charge in [0, 0.05) is 18.8 Å². The number of carbonyl (C=O) groups excluding carboxylic acids is 2. The van der Waals surface area contributed by atoms with Gasteiger partial charge in [-0.1, -0.05) is 41.9 Å². The topological polar surface area (TPSA) is 106 Å². The monoisotopic (exact) mass is 497 g/mol. The number of halogens is 1. The van der Waals surface area contributed by atoms with E-state index in [9.17, 15) is 18.0 Å². The van der Waals surface area contributed by atoms with Crippen LogP contribution in [0.5, 0.6) is 0 Å². The largest absolute Gasteiger partial charge is 0.452 e. The lowest BCUT2D eigenvalue weighted by Crippen LogP contribution is -2.29. The zero-order chi connectivity index (χ0) is 24.1. The Bertz CT molecular complexity index is 1360. The Hall–Kier alpha value is -3.69. The minimum Gasteiger partial charge on any atom is -0.452 e. The van der Waals surface area contributed by atoms with Gasteiger partial charge in [0.1, 0.15) is 0 Å². The lowest BCUT2D eigenvalue weighted by molar-refractivity contribution is -0.142. The first-order valence-corrected chi connectivity index (χ1v) is 12.1. The molecule has 3 aromatic rings. The minimum atomic E-state index is -3.69. The average Bonchev–Trinajstić information content (AvgIpc) is 3.28. The lowest BCUT2D eigenvalue weighted by Gasteiger charge is -2.19. The Morgan fingerprint density at radius 3 is 2.62 bits per heavy atom. The molecule has 1 N–H and O–H groups in total. The average molecular weight is 498 g/mol. The summed E-state index contributed by atoms with van der Waals surface area (Å²) in [6.07, 6.45) is 4.78. The van der Waals surface area contributed by atoms with Crippen LogP contribution in [0.25, 0.3) is 6.08 Å². The number of nitrogens with zero attached hydrogens (tertiary/aromatic N) is 2. The van der Waals surface area contributed by atoms with Crippen molar-refractivity contribution in [2.45, 2.75) is 11.3 Å². The van der Waals surface area contributed by atoms with Gasteiger partial charge in [-0.3, -0.25) is 9.10 Å². The third kappa shape index (κ3) is 5.27. The molecule has 1 aromatic heterocycles. The Morgan fingerprint density at radius 1 is 1.09 bits per heavy atom. The van der Waals surface area contributed by atoms with Gasteiger partial charge in [-0.15, -0.1) is 0 Å². The molecule has 0 saturated carbocycles. The number of hydrogen-bond acceptors (Lipinski definition) is 6. The third-order valence-corrected chi connectivity index (χ3v) is 7.23.